The number of carbonyl (C=O) groups excluding carboxylic acids is 3. The summed E-state index contributed by atoms with van der Waals surface area (Å²) in [6.45, 7) is 1.95. The van der Waals surface area contributed by atoms with E-state index in [1.54, 1.807) is 68.8 Å². The highest BCUT2D eigenvalue weighted by molar-refractivity contribution is 5.98. The predicted octanol–water partition coefficient (Wildman–Crippen LogP) is 5.82. The number of amides is 1. The molecule has 2 atom stereocenters. The molecule has 9 heteroatoms. The summed E-state index contributed by atoms with van der Waals surface area (Å²) in [7, 11) is 1.54. The lowest BCUT2D eigenvalue weighted by Crippen LogP contribution is -2.25. The first-order chi connectivity index (χ1) is 20.8. The number of phenols is 2. The van der Waals surface area contributed by atoms with Crippen LogP contribution in [0.3, 0.4) is 0 Å². The Morgan fingerprint density at radius 1 is 1.12 bits per heavy atom. The van der Waals surface area contributed by atoms with Gasteiger partial charge in [0.2, 0.25) is 5.91 Å². The first-order valence-electron chi connectivity index (χ1n) is 14.6. The van der Waals surface area contributed by atoms with E-state index in [1.165, 1.54) is 6.07 Å². The van der Waals surface area contributed by atoms with Gasteiger partial charge in [-0.15, -0.1) is 0 Å². The molecule has 1 aromatic heterocycles. The minimum absolute atomic E-state index is 0.0432. The molecule has 1 amide bonds. The summed E-state index contributed by atoms with van der Waals surface area (Å²) in [6, 6.07) is 13.8. The number of nitrogens with one attached hydrogen (secondary N) is 1. The summed E-state index contributed by atoms with van der Waals surface area (Å²) >= 11 is 0. The molecule has 2 heterocycles. The van der Waals surface area contributed by atoms with E-state index < -0.39 is 23.7 Å². The molecule has 0 saturated carbocycles. The number of allylic oxidation sites excluding steroid dienone is 1. The normalized spacial score (nSPS) is 16.8. The number of nitrogens with zero attached hydrogens (tertiary/aromatic N) is 1. The largest absolute Gasteiger partial charge is 0.507 e. The number of carbonyl (C=O) groups is 3. The van der Waals surface area contributed by atoms with Crippen LogP contribution in [0.2, 0.25) is 0 Å². The minimum atomic E-state index is -0.812. The second-order valence-corrected chi connectivity index (χ2v) is 10.7. The monoisotopic (exact) mass is 586 g/mol. The fourth-order valence-corrected chi connectivity index (χ4v) is 5.19. The number of fused-ring (bicyclic) bond motifs is 1. The van der Waals surface area contributed by atoms with Crippen LogP contribution in [-0.2, 0) is 20.9 Å². The van der Waals surface area contributed by atoms with Gasteiger partial charge in [0.05, 0.1) is 25.5 Å². The van der Waals surface area contributed by atoms with Gasteiger partial charge in [0.1, 0.15) is 28.6 Å². The molecule has 1 aliphatic rings. The number of hydrogen-bond acceptors (Lipinski definition) is 8. The van der Waals surface area contributed by atoms with Crippen LogP contribution >= 0.6 is 0 Å². The second kappa shape index (κ2) is 15.0. The van der Waals surface area contributed by atoms with Crippen LogP contribution in [0.15, 0.2) is 60.8 Å². The van der Waals surface area contributed by atoms with Crippen molar-refractivity contribution in [3.63, 3.8) is 0 Å². The Kier molecular flexibility index (Phi) is 10.9. The number of phenolic OH excluding ortho intramolecular Hbond substituents is 2. The zero-order chi connectivity index (χ0) is 30.8. The summed E-state index contributed by atoms with van der Waals surface area (Å²) in [5, 5.41) is 25.8. The van der Waals surface area contributed by atoms with E-state index in [2.05, 4.69) is 10.3 Å². The smallest absolute Gasteiger partial charge is 0.342 e. The van der Waals surface area contributed by atoms with E-state index in [1.807, 2.05) is 6.07 Å². The average Bonchev–Trinajstić information content (AvgIpc) is 2.99. The van der Waals surface area contributed by atoms with Crippen LogP contribution in [0.25, 0.3) is 6.08 Å². The van der Waals surface area contributed by atoms with Crippen LogP contribution in [0, 0.1) is 0 Å². The summed E-state index contributed by atoms with van der Waals surface area (Å²) in [6.07, 6.45) is 7.70. The first-order valence-corrected chi connectivity index (χ1v) is 14.6. The van der Waals surface area contributed by atoms with E-state index in [4.69, 9.17) is 9.47 Å². The Bertz CT molecular complexity index is 1450. The van der Waals surface area contributed by atoms with Crippen LogP contribution in [-0.4, -0.2) is 46.1 Å². The number of hydrogen-bond donors (Lipinski definition) is 3. The van der Waals surface area contributed by atoms with E-state index in [0.29, 0.717) is 55.5 Å². The number of aromatic hydroxyl groups is 2. The summed E-state index contributed by atoms with van der Waals surface area (Å²) < 4.78 is 11.0. The highest BCUT2D eigenvalue weighted by Crippen LogP contribution is 2.44. The molecule has 0 spiro atoms. The van der Waals surface area contributed by atoms with Gasteiger partial charge in [-0.3, -0.25) is 14.6 Å². The molecule has 1 aliphatic heterocycles. The molecule has 1 unspecified atom stereocenters. The van der Waals surface area contributed by atoms with E-state index in [0.717, 1.165) is 0 Å². The zero-order valence-electron chi connectivity index (χ0n) is 24.5. The van der Waals surface area contributed by atoms with E-state index >= 15 is 0 Å². The van der Waals surface area contributed by atoms with Gasteiger partial charge < -0.3 is 25.0 Å². The molecule has 2 aromatic carbocycles. The topological polar surface area (TPSA) is 135 Å². The molecular formula is C34H38N2O7. The lowest BCUT2D eigenvalue weighted by molar-refractivity contribution is -0.121. The van der Waals surface area contributed by atoms with Gasteiger partial charge in [-0.1, -0.05) is 30.4 Å². The van der Waals surface area contributed by atoms with Crippen LogP contribution in [0.5, 0.6) is 17.2 Å². The molecule has 3 aromatic rings. The Morgan fingerprint density at radius 3 is 2.60 bits per heavy atom. The van der Waals surface area contributed by atoms with Crippen molar-refractivity contribution < 1.29 is 34.1 Å². The van der Waals surface area contributed by atoms with Crippen molar-refractivity contribution >= 4 is 23.7 Å². The maximum absolute atomic E-state index is 13.5. The van der Waals surface area contributed by atoms with Gasteiger partial charge in [-0.25, -0.2) is 4.79 Å². The number of esters is 1. The van der Waals surface area contributed by atoms with Crippen molar-refractivity contribution in [3.8, 4) is 17.2 Å². The molecule has 0 radical (unpaired) electrons. The summed E-state index contributed by atoms with van der Waals surface area (Å²) in [5.74, 6) is -1.83. The number of pyridine rings is 1. The van der Waals surface area contributed by atoms with Crippen molar-refractivity contribution in [1.82, 2.24) is 10.3 Å². The highest BCUT2D eigenvalue weighted by atomic mass is 16.5. The van der Waals surface area contributed by atoms with Crippen LogP contribution in [0.1, 0.15) is 90.5 Å². The lowest BCUT2D eigenvalue weighted by Gasteiger charge is -2.23. The molecule has 0 saturated heterocycles. The van der Waals surface area contributed by atoms with Crippen molar-refractivity contribution in [2.24, 2.45) is 0 Å². The van der Waals surface area contributed by atoms with Crippen molar-refractivity contribution in [2.45, 2.75) is 70.4 Å². The van der Waals surface area contributed by atoms with Crippen molar-refractivity contribution in [1.29, 1.82) is 0 Å². The first kappa shape index (κ1) is 31.3. The summed E-state index contributed by atoms with van der Waals surface area (Å²) in [5.41, 5.74) is 1.55. The van der Waals surface area contributed by atoms with Gasteiger partial charge in [-0.05, 0) is 74.1 Å². The highest BCUT2D eigenvalue weighted by Gasteiger charge is 2.31. The number of aromatic nitrogens is 1. The summed E-state index contributed by atoms with van der Waals surface area (Å²) in [4.78, 5) is 43.0. The van der Waals surface area contributed by atoms with Crippen molar-refractivity contribution in [3.05, 3.63) is 88.8 Å². The quantitative estimate of drug-likeness (QED) is 0.295. The number of ketones is 1. The SMILES string of the molecule is COc1ccc(C(CC(=O)NCc2ccccn2)c2c(O)cc3c(c2O)C(=O)O[C@@H](C)CCCC(=O)CCCC=C3)cc1. The molecule has 0 fully saturated rings. The fraction of sp³-hybridized carbons (Fsp3) is 0.353. The maximum atomic E-state index is 13.5. The van der Waals surface area contributed by atoms with Gasteiger partial charge in [0.25, 0.3) is 0 Å². The molecule has 226 valence electrons. The number of methoxy groups -OCH3 is 1. The Hall–Kier alpha value is -4.66. The maximum Gasteiger partial charge on any atom is 0.342 e. The predicted molar refractivity (Wildman–Crippen MR) is 162 cm³/mol. The molecule has 9 nitrogen and oxygen atoms in total. The molecule has 4 rings (SSSR count). The Balaban J connectivity index is 1.74. The molecule has 43 heavy (non-hydrogen) atoms. The number of ether oxygens (including phenoxy) is 2. The molecular weight excluding hydrogens is 548 g/mol. The minimum Gasteiger partial charge on any atom is -0.507 e. The van der Waals surface area contributed by atoms with E-state index in [-0.39, 0.29) is 47.1 Å². The second-order valence-electron chi connectivity index (χ2n) is 10.7. The number of cyclic esters (lactones) is 1. The fourth-order valence-electron chi connectivity index (χ4n) is 5.19. The van der Waals surface area contributed by atoms with Gasteiger partial charge in [-0.2, -0.15) is 0 Å². The third-order valence-corrected chi connectivity index (χ3v) is 7.50. The van der Waals surface area contributed by atoms with Gasteiger partial charge in [0, 0.05) is 36.9 Å². The van der Waals surface area contributed by atoms with Crippen LogP contribution < -0.4 is 10.1 Å². The number of benzene rings is 2. The standard InChI is InChI=1S/C34H38N2O7/c1-22-9-8-13-26(37)12-5-3-4-10-24-19-29(38)32(33(40)31(24)34(41)43-22)28(23-14-16-27(42-2)17-15-23)20-30(39)36-21-25-11-6-7-18-35-25/h4,6-7,10-11,14-19,22,28,38,40H,3,5,8-9,12-13,20-21H2,1-2H3,(H,36,39)/t22-,28?/m0/s1. The third kappa shape index (κ3) is 8.44. The average molecular weight is 587 g/mol. The van der Waals surface area contributed by atoms with E-state index in [9.17, 15) is 24.6 Å². The lowest BCUT2D eigenvalue weighted by atomic mass is 9.84. The van der Waals surface area contributed by atoms with Crippen molar-refractivity contribution in [2.75, 3.05) is 7.11 Å². The van der Waals surface area contributed by atoms with Gasteiger partial charge >= 0.3 is 5.97 Å². The van der Waals surface area contributed by atoms with Crippen LogP contribution in [0.4, 0.5) is 0 Å². The van der Waals surface area contributed by atoms with Gasteiger partial charge in [0.15, 0.2) is 0 Å². The third-order valence-electron chi connectivity index (χ3n) is 7.50. The molecule has 3 N–H and O–H groups in total. The molecule has 0 bridgehead atoms. The molecule has 0 aliphatic carbocycles. The Morgan fingerprint density at radius 2 is 1.88 bits per heavy atom. The number of Topliss-reactive ketones (excluding diaryl/α,β-unsaturated/α-hetero) is 1. The zero-order valence-corrected chi connectivity index (χ0v) is 24.5. The Labute approximate surface area is 251 Å². The number of rotatable bonds is 7.